The van der Waals surface area contributed by atoms with E-state index >= 15 is 0 Å². The van der Waals surface area contributed by atoms with Gasteiger partial charge in [0, 0.05) is 13.5 Å². The van der Waals surface area contributed by atoms with E-state index in [1.807, 2.05) is 0 Å². The zero-order valence-electron chi connectivity index (χ0n) is 11.3. The van der Waals surface area contributed by atoms with Crippen molar-refractivity contribution in [1.82, 2.24) is 10.6 Å². The molecule has 0 radical (unpaired) electrons. The number of carbonyl (C=O) groups excluding carboxylic acids is 2. The maximum atomic E-state index is 11.9. The summed E-state index contributed by atoms with van der Waals surface area (Å²) in [5.41, 5.74) is 1.27. The molecule has 6 nitrogen and oxygen atoms in total. The molecule has 0 fully saturated rings. The molecule has 0 heterocycles. The highest BCUT2D eigenvalue weighted by Crippen LogP contribution is 2.05. The first-order chi connectivity index (χ1) is 9.58. The second kappa shape index (κ2) is 7.15. The minimum absolute atomic E-state index is 0.179. The van der Waals surface area contributed by atoms with E-state index in [4.69, 9.17) is 6.48 Å². The molecule has 0 aliphatic rings. The van der Waals surface area contributed by atoms with Crippen LogP contribution >= 0.6 is 0 Å². The number of amides is 2. The molecule has 1 atom stereocenters. The van der Waals surface area contributed by atoms with Crippen LogP contribution in [0.4, 0.5) is 0 Å². The van der Waals surface area contributed by atoms with Crippen LogP contribution in [-0.4, -0.2) is 36.0 Å². The molecule has 0 aliphatic heterocycles. The van der Waals surface area contributed by atoms with E-state index < -0.39 is 17.9 Å². The first kappa shape index (κ1) is 13.1. The fourth-order valence-electron chi connectivity index (χ4n) is 1.43. The van der Waals surface area contributed by atoms with Crippen LogP contribution in [-0.2, 0) is 16.0 Å². The molecule has 1 rings (SSSR count). The van der Waals surface area contributed by atoms with Crippen LogP contribution in [0.15, 0.2) is 24.3 Å². The molecule has 0 unspecified atom stereocenters. The predicted octanol–water partition coefficient (Wildman–Crippen LogP) is 0.178. The van der Waals surface area contributed by atoms with E-state index in [-0.39, 0.29) is 13.4 Å². The number of carbonyl (C=O) groups is 3. The Balaban J connectivity index is 2.68. The molecule has 0 bridgehead atoms. The lowest BCUT2D eigenvalue weighted by Gasteiger charge is -2.13. The monoisotopic (exact) mass is 265 g/mol. The molecule has 2 amide bonds. The molecule has 0 saturated carbocycles. The fourth-order valence-corrected chi connectivity index (χ4v) is 1.43. The number of aryl methyl sites for hydroxylation is 1. The number of rotatable bonds is 7. The Hall–Kier alpha value is -2.37. The molecule has 0 saturated heterocycles. The first-order valence-electron chi connectivity index (χ1n) is 6.38. The lowest BCUT2D eigenvalue weighted by molar-refractivity contribution is -0.139. The van der Waals surface area contributed by atoms with Crippen LogP contribution in [0.25, 0.3) is 0 Å². The zero-order chi connectivity index (χ0) is 15.0. The Bertz CT molecular complexity index is 476. The van der Waals surface area contributed by atoms with Gasteiger partial charge in [0.25, 0.3) is 5.91 Å². The maximum absolute atomic E-state index is 11.9. The Morgan fingerprint density at radius 2 is 2.11 bits per heavy atom. The topological polar surface area (TPSA) is 95.5 Å². The Labute approximate surface area is 112 Å². The van der Waals surface area contributed by atoms with Gasteiger partial charge >= 0.3 is 5.97 Å². The van der Waals surface area contributed by atoms with Crippen molar-refractivity contribution >= 4 is 18.3 Å². The largest absolute Gasteiger partial charge is 0.480 e. The lowest BCUT2D eigenvalue weighted by Crippen LogP contribution is -2.47. The highest BCUT2D eigenvalue weighted by molar-refractivity contribution is 5.96. The average Bonchev–Trinajstić information content (AvgIpc) is 2.44. The summed E-state index contributed by atoms with van der Waals surface area (Å²) in [4.78, 5) is 32.9. The molecule has 0 aromatic heterocycles. The van der Waals surface area contributed by atoms with E-state index in [9.17, 15) is 14.4 Å². The van der Waals surface area contributed by atoms with E-state index in [0.29, 0.717) is 18.4 Å². The van der Waals surface area contributed by atoms with Crippen molar-refractivity contribution in [2.45, 2.75) is 19.4 Å². The predicted molar refractivity (Wildman–Crippen MR) is 68.8 cm³/mol. The summed E-state index contributed by atoms with van der Waals surface area (Å²) in [6.07, 6.45) is 0.973. The van der Waals surface area contributed by atoms with E-state index in [1.54, 1.807) is 24.3 Å². The number of hydrogen-bond donors (Lipinski definition) is 3. The summed E-state index contributed by atoms with van der Waals surface area (Å²) in [6, 6.07) is 5.42. The molecule has 1 aromatic carbocycles. The van der Waals surface area contributed by atoms with Gasteiger partial charge in [0.2, 0.25) is 6.41 Å². The third kappa shape index (κ3) is 4.42. The van der Waals surface area contributed by atoms with Gasteiger partial charge in [0.15, 0.2) is 0 Å². The van der Waals surface area contributed by atoms with Crippen LogP contribution in [0.2, 0.25) is 0 Å². The molecule has 19 heavy (non-hydrogen) atoms. The molecular formula is C13H16N2O4. The number of aliphatic carboxylic acids is 1. The van der Waals surface area contributed by atoms with Crippen molar-refractivity contribution in [1.29, 1.82) is 0 Å². The summed E-state index contributed by atoms with van der Waals surface area (Å²) in [7, 11) is 0. The summed E-state index contributed by atoms with van der Waals surface area (Å²) in [6.45, 7) is 0.0888. The summed E-state index contributed by atoms with van der Waals surface area (Å²) in [5, 5.41) is 13.5. The highest BCUT2D eigenvalue weighted by atomic mass is 16.4. The number of hydrogen-bond acceptors (Lipinski definition) is 3. The SMILES string of the molecule is [2H]CCc1ccc(C(=O)N[C@@H](CNC=O)C(=O)O)cc1. The van der Waals surface area contributed by atoms with Crippen LogP contribution in [0.5, 0.6) is 0 Å². The van der Waals surface area contributed by atoms with Gasteiger partial charge < -0.3 is 15.7 Å². The standard InChI is InChI=1S/C13H16N2O4/c1-2-9-3-5-10(6-4-9)12(17)15-11(13(18)19)7-14-8-16/h3-6,8,11H,2,7H2,1H3,(H,14,16)(H,15,17)(H,18,19)/t11-/m0/s1/i1D. The van der Waals surface area contributed by atoms with Gasteiger partial charge in [-0.25, -0.2) is 4.79 Å². The minimum atomic E-state index is -1.22. The van der Waals surface area contributed by atoms with Crippen LogP contribution in [0, 0.1) is 0 Å². The Kier molecular flexibility index (Phi) is 4.92. The molecule has 6 heteroatoms. The molecule has 1 aromatic rings. The van der Waals surface area contributed by atoms with Gasteiger partial charge in [-0.05, 0) is 24.1 Å². The van der Waals surface area contributed by atoms with Gasteiger partial charge in [0.1, 0.15) is 6.04 Å². The maximum Gasteiger partial charge on any atom is 0.328 e. The second-order valence-corrected chi connectivity index (χ2v) is 3.84. The van der Waals surface area contributed by atoms with Crippen molar-refractivity contribution in [3.63, 3.8) is 0 Å². The van der Waals surface area contributed by atoms with Crippen molar-refractivity contribution < 1.29 is 20.9 Å². The Morgan fingerprint density at radius 1 is 1.42 bits per heavy atom. The van der Waals surface area contributed by atoms with Gasteiger partial charge in [-0.2, -0.15) is 0 Å². The quantitative estimate of drug-likeness (QED) is 0.613. The number of carboxylic acid groups (broad SMARTS) is 1. The molecule has 102 valence electrons. The van der Waals surface area contributed by atoms with Gasteiger partial charge in [-0.15, -0.1) is 0 Å². The van der Waals surface area contributed by atoms with Gasteiger partial charge in [-0.1, -0.05) is 19.0 Å². The molecule has 0 aliphatic carbocycles. The minimum Gasteiger partial charge on any atom is -0.480 e. The van der Waals surface area contributed by atoms with E-state index in [1.165, 1.54) is 0 Å². The van der Waals surface area contributed by atoms with Crippen LogP contribution in [0.3, 0.4) is 0 Å². The summed E-state index contributed by atoms with van der Waals surface area (Å²) in [5.74, 6) is -1.75. The average molecular weight is 265 g/mol. The number of nitrogens with one attached hydrogen (secondary N) is 2. The Morgan fingerprint density at radius 3 is 2.63 bits per heavy atom. The van der Waals surface area contributed by atoms with Gasteiger partial charge in [-0.3, -0.25) is 9.59 Å². The smallest absolute Gasteiger partial charge is 0.328 e. The molecule has 3 N–H and O–H groups in total. The van der Waals surface area contributed by atoms with Crippen LogP contribution < -0.4 is 10.6 Å². The second-order valence-electron chi connectivity index (χ2n) is 3.84. The summed E-state index contributed by atoms with van der Waals surface area (Å²) >= 11 is 0. The lowest BCUT2D eigenvalue weighted by atomic mass is 10.1. The number of benzene rings is 1. The highest BCUT2D eigenvalue weighted by Gasteiger charge is 2.20. The molecule has 0 spiro atoms. The molecular weight excluding hydrogens is 248 g/mol. The van der Waals surface area contributed by atoms with E-state index in [2.05, 4.69) is 10.6 Å². The third-order valence-corrected chi connectivity index (χ3v) is 2.51. The van der Waals surface area contributed by atoms with Gasteiger partial charge in [0.05, 0.1) is 0 Å². The van der Waals surface area contributed by atoms with Crippen molar-refractivity contribution in [2.75, 3.05) is 6.54 Å². The zero-order valence-corrected chi connectivity index (χ0v) is 10.3. The van der Waals surface area contributed by atoms with E-state index in [0.717, 1.165) is 5.56 Å². The van der Waals surface area contributed by atoms with Crippen molar-refractivity contribution in [3.05, 3.63) is 35.4 Å². The van der Waals surface area contributed by atoms with Crippen molar-refractivity contribution in [3.8, 4) is 0 Å². The first-order valence-corrected chi connectivity index (χ1v) is 5.67. The normalized spacial score (nSPS) is 12.1. The van der Waals surface area contributed by atoms with Crippen LogP contribution in [0.1, 0.15) is 24.2 Å². The number of carboxylic acids is 1. The summed E-state index contributed by atoms with van der Waals surface area (Å²) < 4.78 is 7.10. The third-order valence-electron chi connectivity index (χ3n) is 2.51. The fraction of sp³-hybridized carbons (Fsp3) is 0.308. The van der Waals surface area contributed by atoms with Crippen molar-refractivity contribution in [2.24, 2.45) is 0 Å².